The Morgan fingerprint density at radius 3 is 2.50 bits per heavy atom. The van der Waals surface area contributed by atoms with Crippen molar-refractivity contribution in [3.63, 3.8) is 0 Å². The Morgan fingerprint density at radius 2 is 1.81 bits per heavy atom. The summed E-state index contributed by atoms with van der Waals surface area (Å²) in [5.74, 6) is -1.14. The molecule has 1 aliphatic rings. The molecule has 138 valence electrons. The summed E-state index contributed by atoms with van der Waals surface area (Å²) in [4.78, 5) is 30.3. The van der Waals surface area contributed by atoms with Gasteiger partial charge in [-0.15, -0.1) is 11.3 Å². The van der Waals surface area contributed by atoms with Crippen LogP contribution in [0, 0.1) is 0 Å². The molecule has 2 heterocycles. The fourth-order valence-electron chi connectivity index (χ4n) is 2.78. The maximum Gasteiger partial charge on any atom is 0.417 e. The molecule has 26 heavy (non-hydrogen) atoms. The molecule has 0 atom stereocenters. The molecule has 0 saturated carbocycles. The summed E-state index contributed by atoms with van der Waals surface area (Å²) >= 11 is 1.01. The van der Waals surface area contributed by atoms with E-state index in [4.69, 9.17) is 0 Å². The fourth-order valence-corrected chi connectivity index (χ4v) is 3.46. The topological polar surface area (TPSA) is 62.3 Å². The molecule has 0 aliphatic carbocycles. The lowest BCUT2D eigenvalue weighted by Gasteiger charge is -2.25. The molecule has 1 fully saturated rings. The molecule has 0 spiro atoms. The van der Waals surface area contributed by atoms with Gasteiger partial charge in [0.1, 0.15) is 5.69 Å². The van der Waals surface area contributed by atoms with Crippen molar-refractivity contribution in [3.8, 4) is 0 Å². The van der Waals surface area contributed by atoms with Gasteiger partial charge in [-0.05, 0) is 31.4 Å². The fraction of sp³-hybridized carbons (Fsp3) is 0.353. The van der Waals surface area contributed by atoms with Crippen LogP contribution < -0.4 is 5.32 Å². The largest absolute Gasteiger partial charge is 0.417 e. The summed E-state index contributed by atoms with van der Waals surface area (Å²) in [6, 6.07) is 4.53. The lowest BCUT2D eigenvalue weighted by atomic mass is 10.1. The van der Waals surface area contributed by atoms with Crippen molar-refractivity contribution in [2.24, 2.45) is 0 Å². The van der Waals surface area contributed by atoms with Gasteiger partial charge in [0.05, 0.1) is 11.1 Å². The van der Waals surface area contributed by atoms with Gasteiger partial charge >= 0.3 is 6.18 Å². The standard InChI is InChI=1S/C17H16F3N3O2S/c18-17(19,20)12-7-3-2-6-11(12)14(24)22-16-21-13(10-26-16)15(25)23-8-4-1-5-9-23/h2-3,6-7,10H,1,4-5,8-9H2,(H,21,22,24). The first-order valence-corrected chi connectivity index (χ1v) is 8.96. The average molecular weight is 383 g/mol. The molecule has 2 amide bonds. The number of hydrogen-bond acceptors (Lipinski definition) is 4. The number of nitrogens with one attached hydrogen (secondary N) is 1. The highest BCUT2D eigenvalue weighted by Crippen LogP contribution is 2.32. The normalized spacial score (nSPS) is 15.0. The number of thiazole rings is 1. The summed E-state index contributed by atoms with van der Waals surface area (Å²) in [5, 5.41) is 3.94. The summed E-state index contributed by atoms with van der Waals surface area (Å²) in [5.41, 5.74) is -1.31. The smallest absolute Gasteiger partial charge is 0.337 e. The van der Waals surface area contributed by atoms with E-state index < -0.39 is 23.2 Å². The Bertz CT molecular complexity index is 814. The van der Waals surface area contributed by atoms with Gasteiger partial charge in [-0.25, -0.2) is 4.98 Å². The van der Waals surface area contributed by atoms with Gasteiger partial charge in [-0.1, -0.05) is 12.1 Å². The number of likely N-dealkylation sites (tertiary alicyclic amines) is 1. The molecule has 3 rings (SSSR count). The van der Waals surface area contributed by atoms with Gasteiger partial charge in [-0.2, -0.15) is 13.2 Å². The highest BCUT2D eigenvalue weighted by Gasteiger charge is 2.35. The lowest BCUT2D eigenvalue weighted by Crippen LogP contribution is -2.35. The van der Waals surface area contributed by atoms with Crippen molar-refractivity contribution in [3.05, 3.63) is 46.5 Å². The number of benzene rings is 1. The number of rotatable bonds is 3. The minimum atomic E-state index is -4.63. The summed E-state index contributed by atoms with van der Waals surface area (Å²) in [6.07, 6.45) is -1.67. The average Bonchev–Trinajstić information content (AvgIpc) is 3.09. The van der Waals surface area contributed by atoms with Crippen LogP contribution >= 0.6 is 11.3 Å². The second-order valence-corrected chi connectivity index (χ2v) is 6.75. The Labute approximate surface area is 151 Å². The van der Waals surface area contributed by atoms with Gasteiger partial charge in [-0.3, -0.25) is 14.9 Å². The van der Waals surface area contributed by atoms with Gasteiger partial charge < -0.3 is 4.90 Å². The SMILES string of the molecule is O=C(Nc1nc(C(=O)N2CCCCC2)cs1)c1ccccc1C(F)(F)F. The molecule has 0 radical (unpaired) electrons. The van der Waals surface area contributed by atoms with E-state index in [1.807, 2.05) is 0 Å². The molecule has 1 aromatic heterocycles. The van der Waals surface area contributed by atoms with E-state index in [1.54, 1.807) is 4.90 Å². The molecule has 1 aromatic carbocycles. The molecule has 2 aromatic rings. The zero-order valence-electron chi connectivity index (χ0n) is 13.7. The van der Waals surface area contributed by atoms with Crippen LogP contribution in [0.2, 0.25) is 0 Å². The Kier molecular flexibility index (Phi) is 5.26. The van der Waals surface area contributed by atoms with E-state index >= 15 is 0 Å². The van der Waals surface area contributed by atoms with Gasteiger partial charge in [0.15, 0.2) is 5.13 Å². The highest BCUT2D eigenvalue weighted by molar-refractivity contribution is 7.14. The second kappa shape index (κ2) is 7.45. The minimum Gasteiger partial charge on any atom is -0.337 e. The van der Waals surface area contributed by atoms with E-state index in [2.05, 4.69) is 10.3 Å². The van der Waals surface area contributed by atoms with E-state index in [-0.39, 0.29) is 16.7 Å². The van der Waals surface area contributed by atoms with Crippen LogP contribution in [0.15, 0.2) is 29.6 Å². The van der Waals surface area contributed by atoms with Crippen LogP contribution in [0.1, 0.15) is 45.7 Å². The first-order valence-electron chi connectivity index (χ1n) is 8.08. The quantitative estimate of drug-likeness (QED) is 0.870. The van der Waals surface area contributed by atoms with Crippen LogP contribution in [0.25, 0.3) is 0 Å². The Morgan fingerprint density at radius 1 is 1.12 bits per heavy atom. The van der Waals surface area contributed by atoms with Gasteiger partial charge in [0.25, 0.3) is 11.8 Å². The molecule has 1 N–H and O–H groups in total. The molecule has 9 heteroatoms. The lowest BCUT2D eigenvalue weighted by molar-refractivity contribution is -0.137. The van der Waals surface area contributed by atoms with E-state index in [0.717, 1.165) is 42.7 Å². The number of anilines is 1. The minimum absolute atomic E-state index is 0.0901. The van der Waals surface area contributed by atoms with Crippen molar-refractivity contribution in [1.82, 2.24) is 9.88 Å². The number of nitrogens with zero attached hydrogens (tertiary/aromatic N) is 2. The first kappa shape index (κ1) is 18.4. The Balaban J connectivity index is 1.73. The van der Waals surface area contributed by atoms with Crippen LogP contribution in [0.4, 0.5) is 18.3 Å². The van der Waals surface area contributed by atoms with Crippen molar-refractivity contribution in [2.75, 3.05) is 18.4 Å². The van der Waals surface area contributed by atoms with Crippen LogP contribution in [0.3, 0.4) is 0 Å². The third-order valence-corrected chi connectivity index (χ3v) is 4.82. The van der Waals surface area contributed by atoms with Crippen LogP contribution in [-0.2, 0) is 6.18 Å². The third-order valence-electron chi connectivity index (χ3n) is 4.06. The highest BCUT2D eigenvalue weighted by atomic mass is 32.1. The predicted molar refractivity (Wildman–Crippen MR) is 91.3 cm³/mol. The monoisotopic (exact) mass is 383 g/mol. The molecule has 1 aliphatic heterocycles. The van der Waals surface area contributed by atoms with E-state index in [1.165, 1.54) is 17.5 Å². The molecule has 0 unspecified atom stereocenters. The molecular formula is C17H16F3N3O2S. The van der Waals surface area contributed by atoms with Crippen molar-refractivity contribution < 1.29 is 22.8 Å². The second-order valence-electron chi connectivity index (χ2n) is 5.89. The number of carbonyl (C=O) groups is 2. The molecular weight excluding hydrogens is 367 g/mol. The van der Waals surface area contributed by atoms with E-state index in [9.17, 15) is 22.8 Å². The van der Waals surface area contributed by atoms with Crippen molar-refractivity contribution >= 4 is 28.3 Å². The maximum absolute atomic E-state index is 13.0. The number of hydrogen-bond donors (Lipinski definition) is 1. The van der Waals surface area contributed by atoms with Crippen molar-refractivity contribution in [2.45, 2.75) is 25.4 Å². The number of halogens is 3. The predicted octanol–water partition coefficient (Wildman–Crippen LogP) is 4.04. The number of alkyl halides is 3. The maximum atomic E-state index is 13.0. The first-order chi connectivity index (χ1) is 12.4. The van der Waals surface area contributed by atoms with Gasteiger partial charge in [0.2, 0.25) is 0 Å². The van der Waals surface area contributed by atoms with Gasteiger partial charge in [0, 0.05) is 18.5 Å². The Hall–Kier alpha value is -2.42. The summed E-state index contributed by atoms with van der Waals surface area (Å²) in [6.45, 7) is 1.33. The molecule has 1 saturated heterocycles. The number of aromatic nitrogens is 1. The van der Waals surface area contributed by atoms with Crippen LogP contribution in [0.5, 0.6) is 0 Å². The number of carbonyl (C=O) groups excluding carboxylic acids is 2. The van der Waals surface area contributed by atoms with Crippen molar-refractivity contribution in [1.29, 1.82) is 0 Å². The van der Waals surface area contributed by atoms with Crippen LogP contribution in [-0.4, -0.2) is 34.8 Å². The number of amides is 2. The summed E-state index contributed by atoms with van der Waals surface area (Å²) in [7, 11) is 0. The van der Waals surface area contributed by atoms with E-state index in [0.29, 0.717) is 13.1 Å². The molecule has 5 nitrogen and oxygen atoms in total. The zero-order valence-corrected chi connectivity index (χ0v) is 14.5. The number of piperidine rings is 1. The molecule has 0 bridgehead atoms. The summed E-state index contributed by atoms with van der Waals surface area (Å²) < 4.78 is 39.1. The zero-order chi connectivity index (χ0) is 18.7. The third kappa shape index (κ3) is 4.04.